The molecule has 0 heterocycles. The van der Waals surface area contributed by atoms with Gasteiger partial charge in [0.05, 0.1) is 6.26 Å². The first-order chi connectivity index (χ1) is 3.41. The quantitative estimate of drug-likeness (QED) is 0.339. The summed E-state index contributed by atoms with van der Waals surface area (Å²) >= 11 is 3.51. The van der Waals surface area contributed by atoms with Gasteiger partial charge in [0, 0.05) is 12.9 Å². The molecule has 0 rings (SSSR count). The highest BCUT2D eigenvalue weighted by Crippen LogP contribution is 1.89. The van der Waals surface area contributed by atoms with Crippen LogP contribution in [0.15, 0.2) is 12.3 Å². The summed E-state index contributed by atoms with van der Waals surface area (Å²) in [5, 5.41) is 0. The second-order valence-electron chi connectivity index (χ2n) is 1.27. The van der Waals surface area contributed by atoms with Crippen molar-refractivity contribution < 1.29 is 4.18 Å². The smallest absolute Gasteiger partial charge is 0.0966 e. The Morgan fingerprint density at radius 1 is 1.71 bits per heavy atom. The van der Waals surface area contributed by atoms with Crippen LogP contribution in [0.2, 0.25) is 0 Å². The van der Waals surface area contributed by atoms with Crippen molar-refractivity contribution in [2.75, 3.05) is 0 Å². The van der Waals surface area contributed by atoms with Crippen molar-refractivity contribution in [2.24, 2.45) is 0 Å². The summed E-state index contributed by atoms with van der Waals surface area (Å²) in [4.78, 5) is 0. The van der Waals surface area contributed by atoms with E-state index >= 15 is 0 Å². The maximum absolute atomic E-state index is 4.36. The number of hydrogen-bond donors (Lipinski definition) is 1. The Morgan fingerprint density at radius 2 is 2.43 bits per heavy atom. The van der Waals surface area contributed by atoms with Gasteiger partial charge in [0.15, 0.2) is 0 Å². The number of allylic oxidation sites excluding steroid dienone is 1. The summed E-state index contributed by atoms with van der Waals surface area (Å²) in [6, 6.07) is 0. The second kappa shape index (κ2) is 5.89. The first-order valence-corrected chi connectivity index (χ1v) is 2.73. The molecule has 0 radical (unpaired) electrons. The molecule has 0 atom stereocenters. The summed E-state index contributed by atoms with van der Waals surface area (Å²) < 4.78 is 4.36. The Hall–Kier alpha value is -0.110. The van der Waals surface area contributed by atoms with Crippen molar-refractivity contribution in [3.8, 4) is 0 Å². The molecule has 0 saturated carbocycles. The zero-order valence-electron chi connectivity index (χ0n) is 4.42. The van der Waals surface area contributed by atoms with Crippen molar-refractivity contribution in [1.29, 1.82) is 0 Å². The van der Waals surface area contributed by atoms with Crippen molar-refractivity contribution in [3.63, 3.8) is 0 Å². The summed E-state index contributed by atoms with van der Waals surface area (Å²) in [7, 11) is 0. The number of hydrogen-bond acceptors (Lipinski definition) is 2. The van der Waals surface area contributed by atoms with Crippen LogP contribution in [-0.4, -0.2) is 0 Å². The fourth-order valence-corrected chi connectivity index (χ4v) is 0.364. The zero-order chi connectivity index (χ0) is 5.54. The first kappa shape index (κ1) is 6.89. The lowest BCUT2D eigenvalue weighted by atomic mass is 10.3. The molecule has 0 aliphatic rings. The molecule has 0 bridgehead atoms. The van der Waals surface area contributed by atoms with Gasteiger partial charge in [0.2, 0.25) is 0 Å². The van der Waals surface area contributed by atoms with Crippen LogP contribution in [-0.2, 0) is 4.18 Å². The van der Waals surface area contributed by atoms with Crippen molar-refractivity contribution in [2.45, 2.75) is 19.8 Å². The summed E-state index contributed by atoms with van der Waals surface area (Å²) in [6.07, 6.45) is 5.74. The minimum atomic E-state index is 1.07. The molecule has 2 heteroatoms. The third-order valence-electron chi connectivity index (χ3n) is 0.612. The molecular formula is C5H10OS. The molecule has 0 aliphatic carbocycles. The Balaban J connectivity index is 2.78. The number of unbranched alkanes of at least 4 members (excludes halogenated alkanes) is 1. The molecule has 7 heavy (non-hydrogen) atoms. The van der Waals surface area contributed by atoms with Gasteiger partial charge in [-0.15, -0.1) is 0 Å². The third kappa shape index (κ3) is 5.89. The molecule has 0 N–H and O–H groups in total. The minimum absolute atomic E-state index is 1.07. The van der Waals surface area contributed by atoms with E-state index in [1.165, 1.54) is 0 Å². The van der Waals surface area contributed by atoms with Gasteiger partial charge in [-0.25, -0.2) is 0 Å². The van der Waals surface area contributed by atoms with Gasteiger partial charge in [0.25, 0.3) is 0 Å². The molecule has 0 aromatic carbocycles. The van der Waals surface area contributed by atoms with Crippen LogP contribution in [0, 0.1) is 0 Å². The average Bonchev–Trinajstić information content (AvgIpc) is 1.69. The monoisotopic (exact) mass is 118 g/mol. The highest BCUT2D eigenvalue weighted by Gasteiger charge is 1.68. The largest absolute Gasteiger partial charge is 0.437 e. The molecule has 0 fully saturated rings. The lowest BCUT2D eigenvalue weighted by Gasteiger charge is -1.81. The summed E-state index contributed by atoms with van der Waals surface area (Å²) in [5.41, 5.74) is 0. The van der Waals surface area contributed by atoms with Crippen LogP contribution in [0.3, 0.4) is 0 Å². The molecule has 0 aromatic heterocycles. The van der Waals surface area contributed by atoms with Crippen LogP contribution in [0.4, 0.5) is 0 Å². The standard InChI is InChI=1S/C5H10OS/c1-2-3-4-5-6-7/h4-5,7H,2-3H2,1H3/b5-4+. The lowest BCUT2D eigenvalue weighted by molar-refractivity contribution is 0.573. The molecule has 0 aromatic rings. The topological polar surface area (TPSA) is 9.23 Å². The van der Waals surface area contributed by atoms with Crippen LogP contribution >= 0.6 is 12.9 Å². The second-order valence-corrected chi connectivity index (χ2v) is 1.48. The number of rotatable bonds is 3. The zero-order valence-corrected chi connectivity index (χ0v) is 5.32. The Bertz CT molecular complexity index is 52.0. The summed E-state index contributed by atoms with van der Waals surface area (Å²) in [6.45, 7) is 2.11. The van der Waals surface area contributed by atoms with E-state index in [9.17, 15) is 0 Å². The molecule has 42 valence electrons. The predicted octanol–water partition coefficient (Wildman–Crippen LogP) is 2.16. The molecule has 0 aliphatic heterocycles. The fraction of sp³-hybridized carbons (Fsp3) is 0.600. The lowest BCUT2D eigenvalue weighted by Crippen LogP contribution is -1.59. The van der Waals surface area contributed by atoms with E-state index in [0.717, 1.165) is 12.8 Å². The van der Waals surface area contributed by atoms with Crippen LogP contribution in [0.5, 0.6) is 0 Å². The van der Waals surface area contributed by atoms with Gasteiger partial charge >= 0.3 is 0 Å². The maximum atomic E-state index is 4.36. The van der Waals surface area contributed by atoms with Gasteiger partial charge in [-0.3, -0.25) is 0 Å². The van der Waals surface area contributed by atoms with E-state index < -0.39 is 0 Å². The van der Waals surface area contributed by atoms with Gasteiger partial charge in [-0.1, -0.05) is 13.3 Å². The highest BCUT2D eigenvalue weighted by atomic mass is 32.1. The number of thiol groups is 1. The van der Waals surface area contributed by atoms with E-state index in [-0.39, 0.29) is 0 Å². The Morgan fingerprint density at radius 3 is 2.86 bits per heavy atom. The van der Waals surface area contributed by atoms with Crippen LogP contribution in [0.25, 0.3) is 0 Å². The van der Waals surface area contributed by atoms with Crippen LogP contribution < -0.4 is 0 Å². The Labute approximate surface area is 50.0 Å². The molecule has 0 unspecified atom stereocenters. The highest BCUT2D eigenvalue weighted by molar-refractivity contribution is 7.75. The van der Waals surface area contributed by atoms with Crippen molar-refractivity contribution >= 4 is 12.9 Å². The molecule has 0 saturated heterocycles. The average molecular weight is 118 g/mol. The molecular weight excluding hydrogens is 108 g/mol. The van der Waals surface area contributed by atoms with Crippen LogP contribution in [0.1, 0.15) is 19.8 Å². The molecule has 0 spiro atoms. The Kier molecular flexibility index (Phi) is 5.80. The predicted molar refractivity (Wildman–Crippen MR) is 34.1 cm³/mol. The maximum Gasteiger partial charge on any atom is 0.0966 e. The van der Waals surface area contributed by atoms with E-state index in [1.54, 1.807) is 6.26 Å². The van der Waals surface area contributed by atoms with Gasteiger partial charge < -0.3 is 4.18 Å². The normalized spacial score (nSPS) is 10.0. The van der Waals surface area contributed by atoms with Gasteiger partial charge in [-0.05, 0) is 12.5 Å². The first-order valence-electron chi connectivity index (χ1n) is 2.37. The van der Waals surface area contributed by atoms with E-state index in [0.29, 0.717) is 0 Å². The third-order valence-corrected chi connectivity index (χ3v) is 0.734. The van der Waals surface area contributed by atoms with E-state index in [1.807, 2.05) is 6.08 Å². The van der Waals surface area contributed by atoms with Crippen molar-refractivity contribution in [3.05, 3.63) is 12.3 Å². The van der Waals surface area contributed by atoms with Gasteiger partial charge in [0.1, 0.15) is 0 Å². The van der Waals surface area contributed by atoms with Gasteiger partial charge in [-0.2, -0.15) is 0 Å². The SMILES string of the molecule is CCC/C=C/OS. The fourth-order valence-electron chi connectivity index (χ4n) is 0.278. The van der Waals surface area contributed by atoms with E-state index in [4.69, 9.17) is 0 Å². The van der Waals surface area contributed by atoms with E-state index in [2.05, 4.69) is 24.0 Å². The van der Waals surface area contributed by atoms with Crippen molar-refractivity contribution in [1.82, 2.24) is 0 Å². The summed E-state index contributed by atoms with van der Waals surface area (Å²) in [5.74, 6) is 0. The molecule has 1 nitrogen and oxygen atoms in total. The molecule has 0 amide bonds. The minimum Gasteiger partial charge on any atom is -0.437 e.